The second-order valence-corrected chi connectivity index (χ2v) is 9.27. The summed E-state index contributed by atoms with van der Waals surface area (Å²) in [4.78, 5) is 12.9. The van der Waals surface area contributed by atoms with Gasteiger partial charge in [-0.15, -0.1) is 0 Å². The number of rotatable bonds is 5. The van der Waals surface area contributed by atoms with E-state index in [1.165, 1.54) is 19.2 Å². The largest absolute Gasteiger partial charge is 0.497 e. The Morgan fingerprint density at radius 2 is 1.85 bits per heavy atom. The van der Waals surface area contributed by atoms with Gasteiger partial charge in [-0.05, 0) is 51.5 Å². The van der Waals surface area contributed by atoms with E-state index in [-0.39, 0.29) is 18.0 Å². The van der Waals surface area contributed by atoms with Crippen molar-refractivity contribution in [2.24, 2.45) is 5.92 Å². The molecule has 0 spiro atoms. The molecule has 2 atom stereocenters. The number of carbonyl (C=O) groups is 1. The molecule has 0 aliphatic carbocycles. The minimum absolute atomic E-state index is 0.0226. The van der Waals surface area contributed by atoms with Crippen LogP contribution in [0.4, 0.5) is 0 Å². The highest BCUT2D eigenvalue weighted by atomic mass is 32.2. The van der Waals surface area contributed by atoms with E-state index in [4.69, 9.17) is 9.47 Å². The predicted molar refractivity (Wildman–Crippen MR) is 101 cm³/mol. The lowest BCUT2D eigenvalue weighted by Crippen LogP contribution is -2.51. The van der Waals surface area contributed by atoms with E-state index in [0.717, 1.165) is 4.31 Å². The van der Waals surface area contributed by atoms with Crippen LogP contribution in [0.25, 0.3) is 0 Å². The average molecular weight is 397 g/mol. The van der Waals surface area contributed by atoms with Gasteiger partial charge in [-0.3, -0.25) is 4.79 Å². The standard InChI is InChI=1S/C19H27NO6S/c1-19(2,3)26-18(22)17-14(13-21)7-5-6-12-20(17)27(23,24)16-10-8-15(25-4)9-11-16/h5-6,8-11,14,17,21H,7,12-13H2,1-4H3. The Kier molecular flexibility index (Phi) is 6.67. The van der Waals surface area contributed by atoms with Crippen molar-refractivity contribution in [3.63, 3.8) is 0 Å². The molecule has 0 saturated heterocycles. The number of carbonyl (C=O) groups excluding carboxylic acids is 1. The number of aliphatic hydroxyl groups excluding tert-OH is 1. The number of benzene rings is 1. The first-order valence-corrected chi connectivity index (χ1v) is 10.2. The lowest BCUT2D eigenvalue weighted by Gasteiger charge is -2.33. The van der Waals surface area contributed by atoms with Gasteiger partial charge in [0.25, 0.3) is 0 Å². The number of sulfonamides is 1. The average Bonchev–Trinajstić information content (AvgIpc) is 2.83. The number of allylic oxidation sites excluding steroid dienone is 1. The predicted octanol–water partition coefficient (Wildman–Crippen LogP) is 1.96. The Hall–Kier alpha value is -1.90. The second kappa shape index (κ2) is 8.41. The molecular formula is C19H27NO6S. The summed E-state index contributed by atoms with van der Waals surface area (Å²) >= 11 is 0. The summed E-state index contributed by atoms with van der Waals surface area (Å²) in [7, 11) is -2.50. The maximum absolute atomic E-state index is 13.2. The Bertz CT molecular complexity index is 779. The molecule has 2 rings (SSSR count). The molecule has 150 valence electrons. The van der Waals surface area contributed by atoms with Crippen LogP contribution >= 0.6 is 0 Å². The summed E-state index contributed by atoms with van der Waals surface area (Å²) in [6.45, 7) is 4.85. The number of nitrogens with zero attached hydrogens (tertiary/aromatic N) is 1. The SMILES string of the molecule is COc1ccc(S(=O)(=O)N2CC=CCC(CO)C2C(=O)OC(C)(C)C)cc1. The van der Waals surface area contributed by atoms with Crippen molar-refractivity contribution >= 4 is 16.0 Å². The molecule has 0 radical (unpaired) electrons. The highest BCUT2D eigenvalue weighted by molar-refractivity contribution is 7.89. The molecule has 1 N–H and O–H groups in total. The van der Waals surface area contributed by atoms with Gasteiger partial charge in [-0.1, -0.05) is 12.2 Å². The minimum Gasteiger partial charge on any atom is -0.497 e. The maximum atomic E-state index is 13.2. The van der Waals surface area contributed by atoms with Gasteiger partial charge in [0, 0.05) is 19.1 Å². The van der Waals surface area contributed by atoms with E-state index in [1.54, 1.807) is 45.1 Å². The van der Waals surface area contributed by atoms with E-state index >= 15 is 0 Å². The fourth-order valence-corrected chi connectivity index (χ4v) is 4.49. The summed E-state index contributed by atoms with van der Waals surface area (Å²) in [5.74, 6) is -0.726. The molecule has 1 aliphatic heterocycles. The van der Waals surface area contributed by atoms with Crippen LogP contribution in [0.5, 0.6) is 5.75 Å². The van der Waals surface area contributed by atoms with E-state index in [2.05, 4.69) is 0 Å². The fraction of sp³-hybridized carbons (Fsp3) is 0.526. The Morgan fingerprint density at radius 3 is 2.37 bits per heavy atom. The molecule has 0 saturated carbocycles. The quantitative estimate of drug-likeness (QED) is 0.603. The Balaban J connectivity index is 2.46. The van der Waals surface area contributed by atoms with Crippen LogP contribution in [0.1, 0.15) is 27.2 Å². The van der Waals surface area contributed by atoms with Gasteiger partial charge >= 0.3 is 5.97 Å². The van der Waals surface area contributed by atoms with Gasteiger partial charge in [-0.2, -0.15) is 4.31 Å². The van der Waals surface area contributed by atoms with Gasteiger partial charge in [-0.25, -0.2) is 8.42 Å². The zero-order chi connectivity index (χ0) is 20.2. The number of hydrogen-bond acceptors (Lipinski definition) is 6. The summed E-state index contributed by atoms with van der Waals surface area (Å²) in [6, 6.07) is 4.85. The van der Waals surface area contributed by atoms with Gasteiger partial charge < -0.3 is 14.6 Å². The molecule has 1 aromatic rings. The lowest BCUT2D eigenvalue weighted by atomic mass is 9.97. The summed E-state index contributed by atoms with van der Waals surface area (Å²) < 4.78 is 38.1. The van der Waals surface area contributed by atoms with Crippen LogP contribution in [0.15, 0.2) is 41.3 Å². The molecule has 1 aliphatic rings. The molecule has 7 nitrogen and oxygen atoms in total. The first kappa shape index (κ1) is 21.4. The van der Waals surface area contributed by atoms with Gasteiger partial charge in [0.05, 0.1) is 12.0 Å². The maximum Gasteiger partial charge on any atom is 0.325 e. The van der Waals surface area contributed by atoms with Gasteiger partial charge in [0.15, 0.2) is 0 Å². The lowest BCUT2D eigenvalue weighted by molar-refractivity contribution is -0.162. The van der Waals surface area contributed by atoms with Gasteiger partial charge in [0.2, 0.25) is 10.0 Å². The van der Waals surface area contributed by atoms with E-state index in [9.17, 15) is 18.3 Å². The molecule has 2 unspecified atom stereocenters. The Labute approximate surface area is 160 Å². The zero-order valence-corrected chi connectivity index (χ0v) is 16.9. The first-order chi connectivity index (χ1) is 12.6. The smallest absolute Gasteiger partial charge is 0.325 e. The number of methoxy groups -OCH3 is 1. The molecule has 1 heterocycles. The third-order valence-electron chi connectivity index (χ3n) is 4.20. The van der Waals surface area contributed by atoms with E-state index in [0.29, 0.717) is 12.2 Å². The van der Waals surface area contributed by atoms with Crippen LogP contribution < -0.4 is 4.74 Å². The van der Waals surface area contributed by atoms with Crippen molar-refractivity contribution in [2.75, 3.05) is 20.3 Å². The molecule has 27 heavy (non-hydrogen) atoms. The summed E-state index contributed by atoms with van der Waals surface area (Å²) in [5, 5.41) is 9.78. The third kappa shape index (κ3) is 5.09. The van der Waals surface area contributed by atoms with E-state index in [1.807, 2.05) is 0 Å². The normalized spacial score (nSPS) is 21.5. The topological polar surface area (TPSA) is 93.1 Å². The monoisotopic (exact) mass is 397 g/mol. The highest BCUT2D eigenvalue weighted by Gasteiger charge is 2.42. The van der Waals surface area contributed by atoms with Crippen molar-refractivity contribution in [1.29, 1.82) is 0 Å². The third-order valence-corrected chi connectivity index (χ3v) is 6.06. The van der Waals surface area contributed by atoms with Crippen LogP contribution in [-0.4, -0.2) is 55.7 Å². The first-order valence-electron chi connectivity index (χ1n) is 8.75. The van der Waals surface area contributed by atoms with Crippen molar-refractivity contribution < 1.29 is 27.8 Å². The van der Waals surface area contributed by atoms with Crippen LogP contribution in [0.2, 0.25) is 0 Å². The van der Waals surface area contributed by atoms with Gasteiger partial charge in [0.1, 0.15) is 17.4 Å². The molecule has 8 heteroatoms. The Morgan fingerprint density at radius 1 is 1.22 bits per heavy atom. The number of esters is 1. The minimum atomic E-state index is -3.99. The highest BCUT2D eigenvalue weighted by Crippen LogP contribution is 2.29. The summed E-state index contributed by atoms with van der Waals surface area (Å²) in [6.07, 6.45) is 3.85. The number of hydrogen-bond donors (Lipinski definition) is 1. The van der Waals surface area contributed by atoms with E-state index < -0.39 is 33.6 Å². The molecule has 0 amide bonds. The van der Waals surface area contributed by atoms with Crippen molar-refractivity contribution in [3.05, 3.63) is 36.4 Å². The number of ether oxygens (including phenoxy) is 2. The van der Waals surface area contributed by atoms with Crippen LogP contribution in [-0.2, 0) is 19.6 Å². The van der Waals surface area contributed by atoms with Crippen LogP contribution in [0, 0.1) is 5.92 Å². The fourth-order valence-electron chi connectivity index (χ4n) is 2.90. The zero-order valence-electron chi connectivity index (χ0n) is 16.1. The van der Waals surface area contributed by atoms with Crippen molar-refractivity contribution in [1.82, 2.24) is 4.31 Å². The number of aliphatic hydroxyl groups is 1. The summed E-state index contributed by atoms with van der Waals surface area (Å²) in [5.41, 5.74) is -0.771. The molecule has 0 fully saturated rings. The molecular weight excluding hydrogens is 370 g/mol. The molecule has 1 aromatic carbocycles. The van der Waals surface area contributed by atoms with Crippen LogP contribution in [0.3, 0.4) is 0 Å². The molecule has 0 bridgehead atoms. The molecule has 0 aromatic heterocycles. The van der Waals surface area contributed by atoms with Crippen molar-refractivity contribution in [2.45, 2.75) is 43.7 Å². The van der Waals surface area contributed by atoms with Crippen molar-refractivity contribution in [3.8, 4) is 5.75 Å². The second-order valence-electron chi connectivity index (χ2n) is 7.38.